The number of rotatable bonds is 3. The van der Waals surface area contributed by atoms with E-state index in [1.165, 1.54) is 0 Å². The van der Waals surface area contributed by atoms with E-state index >= 15 is 0 Å². The Labute approximate surface area is 159 Å². The summed E-state index contributed by atoms with van der Waals surface area (Å²) in [6, 6.07) is 19.0. The molecule has 0 N–H and O–H groups in total. The van der Waals surface area contributed by atoms with Gasteiger partial charge in [-0.25, -0.2) is 0 Å². The van der Waals surface area contributed by atoms with E-state index in [9.17, 15) is 8.63 Å². The number of ether oxygens (including phenoxy) is 1. The number of benzene rings is 2. The summed E-state index contributed by atoms with van der Waals surface area (Å²) in [5, 5.41) is 0. The molecule has 4 rings (SSSR count). The van der Waals surface area contributed by atoms with Crippen LogP contribution < -0.4 is 4.46 Å². The van der Waals surface area contributed by atoms with Gasteiger partial charge in [-0.2, -0.15) is 0 Å². The molecule has 4 nitrogen and oxygen atoms in total. The average Bonchev–Trinajstić information content (AvgIpc) is 3.07. The van der Waals surface area contributed by atoms with E-state index in [1.807, 2.05) is 67.6 Å². The van der Waals surface area contributed by atoms with Gasteiger partial charge < -0.3 is 0 Å². The topological polar surface area (TPSA) is 46.6 Å². The van der Waals surface area contributed by atoms with Crippen LogP contribution in [0.5, 0.6) is 0 Å². The summed E-state index contributed by atoms with van der Waals surface area (Å²) in [6.45, 7) is 2.38. The van der Waals surface area contributed by atoms with Gasteiger partial charge >= 0.3 is 160 Å². The van der Waals surface area contributed by atoms with Crippen molar-refractivity contribution in [2.75, 3.05) is 6.61 Å². The Kier molecular flexibility index (Phi) is 4.19. The van der Waals surface area contributed by atoms with Crippen LogP contribution in [0.2, 0.25) is 0 Å². The molecule has 0 aromatic heterocycles. The summed E-state index contributed by atoms with van der Waals surface area (Å²) in [5.74, 6) is -0.134. The van der Waals surface area contributed by atoms with Gasteiger partial charge in [-0.1, -0.05) is 0 Å². The Morgan fingerprint density at radius 2 is 1.72 bits per heavy atom. The second-order valence-electron chi connectivity index (χ2n) is 6.57. The van der Waals surface area contributed by atoms with Crippen molar-refractivity contribution >= 4 is 40.1 Å². The molecule has 2 aliphatic rings. The molecule has 1 unspecified atom stereocenters. The quantitative estimate of drug-likeness (QED) is 0.516. The molecular weight excluding hydrogens is 449 g/mol. The minimum atomic E-state index is -2.65. The molecule has 2 fully saturated rings. The molecule has 0 saturated carbocycles. The van der Waals surface area contributed by atoms with Crippen molar-refractivity contribution in [3.63, 3.8) is 0 Å². The first-order valence-corrected chi connectivity index (χ1v) is 11.3. The Bertz CT molecular complexity index is 831. The van der Waals surface area contributed by atoms with Gasteiger partial charge in [0.05, 0.1) is 0 Å². The van der Waals surface area contributed by atoms with Crippen molar-refractivity contribution in [1.82, 2.24) is 4.90 Å². The van der Waals surface area contributed by atoms with Gasteiger partial charge in [-0.3, -0.25) is 0 Å². The summed E-state index contributed by atoms with van der Waals surface area (Å²) in [7, 11) is 0. The number of hydrogen-bond acceptors (Lipinski definition) is 3. The van der Waals surface area contributed by atoms with Gasteiger partial charge in [-0.05, 0) is 0 Å². The first-order valence-electron chi connectivity index (χ1n) is 8.14. The van der Waals surface area contributed by atoms with E-state index in [-0.39, 0.29) is 11.9 Å². The third-order valence-electron chi connectivity index (χ3n) is 4.90. The zero-order valence-electron chi connectivity index (χ0n) is 13.7. The van der Waals surface area contributed by atoms with Crippen LogP contribution in [-0.4, -0.2) is 40.2 Å². The minimum absolute atomic E-state index is 0.134. The number of fused-ring (bicyclic) bond motifs is 1. The number of hydrogen-bond donors (Lipinski definition) is 0. The van der Waals surface area contributed by atoms with Crippen LogP contribution in [0.1, 0.15) is 24.9 Å². The van der Waals surface area contributed by atoms with Crippen LogP contribution in [0.3, 0.4) is 0 Å². The SMILES string of the molecule is C[C@@]12C[C@](Br)([Se](=O)c3ccccc3)C(=O)N1[C@@H](c1ccccc1)CO2. The second-order valence-corrected chi connectivity index (χ2v) is 12.7. The number of alkyl halides is 1. The fourth-order valence-electron chi connectivity index (χ4n) is 3.70. The Morgan fingerprint density at radius 3 is 2.36 bits per heavy atom. The Morgan fingerprint density at radius 1 is 1.12 bits per heavy atom. The van der Waals surface area contributed by atoms with E-state index in [0.29, 0.717) is 13.0 Å². The molecule has 2 aliphatic heterocycles. The zero-order valence-corrected chi connectivity index (χ0v) is 17.0. The molecule has 6 heteroatoms. The van der Waals surface area contributed by atoms with Crippen LogP contribution in [0.25, 0.3) is 0 Å². The molecule has 130 valence electrons. The summed E-state index contributed by atoms with van der Waals surface area (Å²) in [6.07, 6.45) is 0.380. The Hall–Kier alpha value is -1.33. The molecule has 2 heterocycles. The van der Waals surface area contributed by atoms with Crippen molar-refractivity contribution in [3.8, 4) is 0 Å². The summed E-state index contributed by atoms with van der Waals surface area (Å²) < 4.78 is 19.0. The molecule has 2 aromatic rings. The van der Waals surface area contributed by atoms with Crippen LogP contribution >= 0.6 is 15.9 Å². The van der Waals surface area contributed by atoms with Gasteiger partial charge in [0, 0.05) is 0 Å². The van der Waals surface area contributed by atoms with E-state index < -0.39 is 22.8 Å². The first-order chi connectivity index (χ1) is 12.0. The molecule has 0 spiro atoms. The Balaban J connectivity index is 1.71. The molecule has 4 atom stereocenters. The van der Waals surface area contributed by atoms with Crippen molar-refractivity contribution in [2.45, 2.75) is 28.3 Å². The maximum atomic E-state index is 13.3. The van der Waals surface area contributed by atoms with Gasteiger partial charge in [0.2, 0.25) is 0 Å². The molecule has 2 aromatic carbocycles. The van der Waals surface area contributed by atoms with Gasteiger partial charge in [0.25, 0.3) is 0 Å². The molecular formula is C19H18BrNO3Se. The maximum absolute atomic E-state index is 13.3. The van der Waals surface area contributed by atoms with Gasteiger partial charge in [-0.15, -0.1) is 0 Å². The number of halogens is 1. The molecule has 1 amide bonds. The fraction of sp³-hybridized carbons (Fsp3) is 0.316. The van der Waals surface area contributed by atoms with Crippen LogP contribution in [-0.2, 0) is 13.4 Å². The van der Waals surface area contributed by atoms with Crippen LogP contribution in [0.15, 0.2) is 60.7 Å². The third-order valence-corrected chi connectivity index (χ3v) is 10.4. The van der Waals surface area contributed by atoms with E-state index in [1.54, 1.807) is 4.90 Å². The number of carbonyl (C=O) groups is 1. The van der Waals surface area contributed by atoms with Crippen LogP contribution in [0.4, 0.5) is 0 Å². The van der Waals surface area contributed by atoms with E-state index in [4.69, 9.17) is 4.74 Å². The van der Waals surface area contributed by atoms with E-state index in [2.05, 4.69) is 15.9 Å². The van der Waals surface area contributed by atoms with E-state index in [0.717, 1.165) is 10.0 Å². The molecule has 25 heavy (non-hydrogen) atoms. The van der Waals surface area contributed by atoms with Crippen molar-refractivity contribution in [2.24, 2.45) is 0 Å². The zero-order chi connectivity index (χ0) is 17.7. The molecule has 0 bridgehead atoms. The van der Waals surface area contributed by atoms with Gasteiger partial charge in [0.1, 0.15) is 0 Å². The van der Waals surface area contributed by atoms with Crippen LogP contribution in [0, 0.1) is 0 Å². The standard InChI is InChI=1S/C19H18BrNO3Se/c1-18-13-19(20,25(23)15-10-6-3-7-11-15)17(22)21(18)16(12-24-18)14-8-4-2-5-9-14/h2-11,16H,12-13H2,1H3/t16-,18-,19+,25?/m1/s1. The second kappa shape index (κ2) is 6.13. The van der Waals surface area contributed by atoms with Crippen molar-refractivity contribution < 1.29 is 13.4 Å². The van der Waals surface area contributed by atoms with Crippen molar-refractivity contribution in [1.29, 1.82) is 0 Å². The summed E-state index contributed by atoms with van der Waals surface area (Å²) in [4.78, 5) is 15.1. The monoisotopic (exact) mass is 467 g/mol. The molecule has 0 aliphatic carbocycles. The predicted molar refractivity (Wildman–Crippen MR) is 99.2 cm³/mol. The van der Waals surface area contributed by atoms with Crippen molar-refractivity contribution in [3.05, 3.63) is 66.2 Å². The first kappa shape index (κ1) is 17.1. The number of amides is 1. The summed E-state index contributed by atoms with van der Waals surface area (Å²) in [5.41, 5.74) is 0.306. The molecule has 0 radical (unpaired) electrons. The predicted octanol–water partition coefficient (Wildman–Crippen LogP) is 2.71. The molecule has 2 saturated heterocycles. The summed E-state index contributed by atoms with van der Waals surface area (Å²) >= 11 is 0.926. The number of carbonyl (C=O) groups excluding carboxylic acids is 1. The number of nitrogens with zero attached hydrogens (tertiary/aromatic N) is 1. The average molecular weight is 467 g/mol. The fourth-order valence-corrected chi connectivity index (χ4v) is 8.39. The third kappa shape index (κ3) is 2.63. The normalized spacial score (nSPS) is 32.6. The van der Waals surface area contributed by atoms with Gasteiger partial charge in [0.15, 0.2) is 0 Å².